The first kappa shape index (κ1) is 18.7. The first-order valence-corrected chi connectivity index (χ1v) is 6.52. The number of amidine groups is 1. The molecule has 0 aliphatic carbocycles. The molecule has 0 fully saturated rings. The number of hydrogen-bond donors (Lipinski definition) is 4. The summed E-state index contributed by atoms with van der Waals surface area (Å²) in [6.07, 6.45) is 0.374. The topological polar surface area (TPSA) is 133 Å². The second-order valence-corrected chi connectivity index (χ2v) is 4.67. The number of carbonyl (C=O) groups excluding carboxylic acids is 2. The van der Waals surface area contributed by atoms with E-state index >= 15 is 0 Å². The number of carbonyl (C=O) groups is 3. The average Bonchev–Trinajstić information content (AvgIpc) is 2.36. The van der Waals surface area contributed by atoms with Crippen LogP contribution in [0.2, 0.25) is 0 Å². The molecule has 0 aliphatic heterocycles. The number of aliphatic carboxylic acids is 1. The van der Waals surface area contributed by atoms with Crippen LogP contribution in [0.5, 0.6) is 0 Å². The Morgan fingerprint density at radius 1 is 1.24 bits per heavy atom. The molecule has 0 saturated carbocycles. The van der Waals surface area contributed by atoms with Gasteiger partial charge in [0.25, 0.3) is 5.97 Å². The molecule has 8 heteroatoms. The van der Waals surface area contributed by atoms with E-state index in [9.17, 15) is 9.59 Å². The molecule has 1 aromatic rings. The monoisotopic (exact) mass is 311 g/mol. The number of anilines is 1. The maximum Gasteiger partial charge on any atom is 0.300 e. The zero-order chi connectivity index (χ0) is 16.4. The molecule has 1 amide bonds. The average molecular weight is 311 g/mol. The summed E-state index contributed by atoms with van der Waals surface area (Å²) >= 11 is 0. The molecular formula is C13H18N3O4P. The van der Waals surface area contributed by atoms with Crippen molar-refractivity contribution in [3.05, 3.63) is 29.8 Å². The predicted molar refractivity (Wildman–Crippen MR) is 83.3 cm³/mol. The number of carboxylic acid groups (broad SMARTS) is 1. The molecule has 5 N–H and O–H groups in total. The van der Waals surface area contributed by atoms with Crippen molar-refractivity contribution in [2.45, 2.75) is 19.8 Å². The third-order valence-corrected chi connectivity index (χ3v) is 2.37. The van der Waals surface area contributed by atoms with Crippen LogP contribution in [0.1, 0.15) is 25.3 Å². The van der Waals surface area contributed by atoms with Gasteiger partial charge in [0.05, 0.1) is 0 Å². The van der Waals surface area contributed by atoms with Crippen molar-refractivity contribution in [2.75, 3.05) is 5.32 Å². The number of amides is 1. The van der Waals surface area contributed by atoms with Crippen molar-refractivity contribution in [3.8, 4) is 0 Å². The standard InChI is InChI=1S/C11H14N3O2P.C2H4O2/c12-11(13)7-1-3-8(4-2-7)14-9(15)5-6-10(16)17;1-2(3)4/h1-4H,5-6,17H2,(H3,12,13)(H,14,15);1H3,(H,3,4). The molecule has 0 bridgehead atoms. The van der Waals surface area contributed by atoms with Crippen LogP contribution in [0, 0.1) is 5.41 Å². The van der Waals surface area contributed by atoms with Crippen LogP contribution in [0.25, 0.3) is 0 Å². The summed E-state index contributed by atoms with van der Waals surface area (Å²) in [5.74, 6) is -1.06. The van der Waals surface area contributed by atoms with E-state index in [1.165, 1.54) is 0 Å². The van der Waals surface area contributed by atoms with E-state index in [0.717, 1.165) is 6.92 Å². The third kappa shape index (κ3) is 10.2. The number of nitrogens with two attached hydrogens (primary N) is 1. The first-order valence-electron chi connectivity index (χ1n) is 5.94. The van der Waals surface area contributed by atoms with Gasteiger partial charge in [-0.3, -0.25) is 19.8 Å². The fraction of sp³-hybridized carbons (Fsp3) is 0.231. The van der Waals surface area contributed by atoms with Crippen molar-refractivity contribution in [2.24, 2.45) is 5.73 Å². The zero-order valence-electron chi connectivity index (χ0n) is 11.6. The number of nitrogen functional groups attached to an aromatic ring is 1. The Bertz CT molecular complexity index is 525. The molecule has 0 saturated heterocycles. The molecule has 0 aliphatic rings. The lowest BCUT2D eigenvalue weighted by Crippen LogP contribution is -2.13. The van der Waals surface area contributed by atoms with E-state index in [-0.39, 0.29) is 30.1 Å². The Hall–Kier alpha value is -2.27. The van der Waals surface area contributed by atoms with Gasteiger partial charge in [0.2, 0.25) is 5.91 Å². The second kappa shape index (κ2) is 9.61. The van der Waals surface area contributed by atoms with Crippen molar-refractivity contribution >= 4 is 38.2 Å². The first-order chi connectivity index (χ1) is 9.72. The summed E-state index contributed by atoms with van der Waals surface area (Å²) in [6.45, 7) is 1.08. The molecule has 1 atom stereocenters. The van der Waals surface area contributed by atoms with E-state index < -0.39 is 5.97 Å². The SMILES string of the molecule is CC(=O)O.N=C(N)c1ccc(NC(=O)CCC(=O)P)cc1. The highest BCUT2D eigenvalue weighted by molar-refractivity contribution is 7.40. The molecule has 0 aromatic heterocycles. The molecule has 21 heavy (non-hydrogen) atoms. The third-order valence-electron chi connectivity index (χ3n) is 2.08. The maximum atomic E-state index is 11.4. The Labute approximate surface area is 124 Å². The molecule has 0 spiro atoms. The van der Waals surface area contributed by atoms with Crippen LogP contribution < -0.4 is 11.1 Å². The summed E-state index contributed by atoms with van der Waals surface area (Å²) < 4.78 is 0. The minimum atomic E-state index is -0.833. The minimum Gasteiger partial charge on any atom is -0.481 e. The van der Waals surface area contributed by atoms with Gasteiger partial charge in [0.15, 0.2) is 0 Å². The summed E-state index contributed by atoms with van der Waals surface area (Å²) in [7, 11) is 2.03. The number of benzene rings is 1. The molecule has 1 unspecified atom stereocenters. The lowest BCUT2D eigenvalue weighted by atomic mass is 10.2. The van der Waals surface area contributed by atoms with Crippen molar-refractivity contribution < 1.29 is 19.5 Å². The van der Waals surface area contributed by atoms with E-state index in [0.29, 0.717) is 11.3 Å². The normalized spacial score (nSPS) is 9.05. The lowest BCUT2D eigenvalue weighted by Gasteiger charge is -2.05. The number of nitrogens with one attached hydrogen (secondary N) is 2. The fourth-order valence-corrected chi connectivity index (χ4v) is 1.34. The van der Waals surface area contributed by atoms with Gasteiger partial charge in [0, 0.05) is 31.0 Å². The quantitative estimate of drug-likeness (QED) is 0.368. The van der Waals surface area contributed by atoms with Gasteiger partial charge in [-0.25, -0.2) is 0 Å². The number of hydrogen-bond acceptors (Lipinski definition) is 4. The molecular weight excluding hydrogens is 293 g/mol. The van der Waals surface area contributed by atoms with Crippen molar-refractivity contribution in [1.29, 1.82) is 5.41 Å². The van der Waals surface area contributed by atoms with Crippen LogP contribution in [0.15, 0.2) is 24.3 Å². The minimum absolute atomic E-state index is 0.0171. The Morgan fingerprint density at radius 2 is 1.71 bits per heavy atom. The van der Waals surface area contributed by atoms with Crippen LogP contribution >= 0.6 is 9.24 Å². The van der Waals surface area contributed by atoms with E-state index in [2.05, 4.69) is 5.32 Å². The van der Waals surface area contributed by atoms with E-state index in [1.54, 1.807) is 24.3 Å². The summed E-state index contributed by atoms with van der Waals surface area (Å²) in [4.78, 5) is 31.1. The Morgan fingerprint density at radius 3 is 2.10 bits per heavy atom. The van der Waals surface area contributed by atoms with Gasteiger partial charge in [0.1, 0.15) is 11.4 Å². The fourth-order valence-electron chi connectivity index (χ4n) is 1.19. The van der Waals surface area contributed by atoms with Gasteiger partial charge < -0.3 is 16.2 Å². The van der Waals surface area contributed by atoms with Gasteiger partial charge in [-0.05, 0) is 24.3 Å². The largest absolute Gasteiger partial charge is 0.481 e. The zero-order valence-corrected chi connectivity index (χ0v) is 12.7. The number of rotatable bonds is 5. The highest BCUT2D eigenvalue weighted by Gasteiger charge is 2.04. The summed E-state index contributed by atoms with van der Waals surface area (Å²) in [6, 6.07) is 6.63. The highest BCUT2D eigenvalue weighted by Crippen LogP contribution is 2.10. The van der Waals surface area contributed by atoms with Gasteiger partial charge >= 0.3 is 0 Å². The van der Waals surface area contributed by atoms with Crippen LogP contribution in [0.4, 0.5) is 5.69 Å². The number of carboxylic acids is 1. The molecule has 114 valence electrons. The van der Waals surface area contributed by atoms with Crippen molar-refractivity contribution in [3.63, 3.8) is 0 Å². The van der Waals surface area contributed by atoms with Gasteiger partial charge in [-0.15, -0.1) is 0 Å². The predicted octanol–water partition coefficient (Wildman–Crippen LogP) is 1.18. The molecule has 1 rings (SSSR count). The smallest absolute Gasteiger partial charge is 0.300 e. The summed E-state index contributed by atoms with van der Waals surface area (Å²) in [5, 5.41) is 17.3. The second-order valence-electron chi connectivity index (χ2n) is 4.02. The van der Waals surface area contributed by atoms with Crippen LogP contribution in [-0.4, -0.2) is 28.3 Å². The lowest BCUT2D eigenvalue weighted by molar-refractivity contribution is -0.134. The maximum absolute atomic E-state index is 11.4. The molecule has 0 heterocycles. The molecule has 0 radical (unpaired) electrons. The summed E-state index contributed by atoms with van der Waals surface area (Å²) in [5.41, 5.74) is 6.43. The Kier molecular flexibility index (Phi) is 8.57. The van der Waals surface area contributed by atoms with Gasteiger partial charge in [-0.2, -0.15) is 0 Å². The molecule has 7 nitrogen and oxygen atoms in total. The van der Waals surface area contributed by atoms with Gasteiger partial charge in [-0.1, -0.05) is 9.24 Å². The van der Waals surface area contributed by atoms with Crippen molar-refractivity contribution in [1.82, 2.24) is 0 Å². The van der Waals surface area contributed by atoms with Crippen LogP contribution in [0.3, 0.4) is 0 Å². The van der Waals surface area contributed by atoms with E-state index in [1.807, 2.05) is 9.24 Å². The Balaban J connectivity index is 0.000000885. The molecule has 1 aromatic carbocycles. The van der Waals surface area contributed by atoms with Crippen LogP contribution in [-0.2, 0) is 14.4 Å². The highest BCUT2D eigenvalue weighted by atomic mass is 31.0. The van der Waals surface area contributed by atoms with E-state index in [4.69, 9.17) is 21.0 Å².